The van der Waals surface area contributed by atoms with Crippen LogP contribution in [-0.4, -0.2) is 74.4 Å². The zero-order chi connectivity index (χ0) is 22.7. The number of nitrogens with one attached hydrogen (secondary N) is 1. The Balaban J connectivity index is 1.37. The summed E-state index contributed by atoms with van der Waals surface area (Å²) in [6, 6.07) is 0.226. The van der Waals surface area contributed by atoms with E-state index < -0.39 is 5.60 Å². The summed E-state index contributed by atoms with van der Waals surface area (Å²) in [7, 11) is 0. The van der Waals surface area contributed by atoms with Crippen LogP contribution in [0.4, 0.5) is 4.79 Å². The van der Waals surface area contributed by atoms with Crippen molar-refractivity contribution in [1.29, 1.82) is 0 Å². The van der Waals surface area contributed by atoms with Crippen LogP contribution in [-0.2, 0) is 24.2 Å². The maximum atomic E-state index is 12.9. The van der Waals surface area contributed by atoms with Crippen molar-refractivity contribution in [1.82, 2.24) is 29.9 Å². The van der Waals surface area contributed by atoms with Crippen molar-refractivity contribution in [3.05, 3.63) is 11.6 Å². The largest absolute Gasteiger partial charge is 0.444 e. The van der Waals surface area contributed by atoms with E-state index in [0.29, 0.717) is 12.5 Å². The van der Waals surface area contributed by atoms with Crippen molar-refractivity contribution in [3.63, 3.8) is 0 Å². The lowest BCUT2D eigenvalue weighted by molar-refractivity contribution is 0.00928. The molecule has 3 heterocycles. The highest BCUT2D eigenvalue weighted by atomic mass is 16.6. The highest BCUT2D eigenvalue weighted by molar-refractivity contribution is 5.80. The molecule has 1 aliphatic carbocycles. The van der Waals surface area contributed by atoms with Crippen LogP contribution in [0.15, 0.2) is 4.99 Å². The summed E-state index contributed by atoms with van der Waals surface area (Å²) in [6.07, 6.45) is 6.30. The van der Waals surface area contributed by atoms with E-state index in [1.807, 2.05) is 25.7 Å². The van der Waals surface area contributed by atoms with Crippen molar-refractivity contribution in [2.45, 2.75) is 91.0 Å². The van der Waals surface area contributed by atoms with Crippen LogP contribution in [0.2, 0.25) is 0 Å². The second kappa shape index (κ2) is 9.67. The third kappa shape index (κ3) is 5.72. The fourth-order valence-electron chi connectivity index (χ4n) is 4.56. The lowest BCUT2D eigenvalue weighted by Crippen LogP contribution is -2.52. The number of piperidine rings is 1. The topological polar surface area (TPSA) is 87.9 Å². The summed E-state index contributed by atoms with van der Waals surface area (Å²) in [5, 5.41) is 12.1. The molecule has 1 saturated heterocycles. The first-order chi connectivity index (χ1) is 15.3. The van der Waals surface area contributed by atoms with Gasteiger partial charge >= 0.3 is 6.09 Å². The Bertz CT molecular complexity index is 817. The minimum Gasteiger partial charge on any atom is -0.444 e. The predicted molar refractivity (Wildman–Crippen MR) is 123 cm³/mol. The van der Waals surface area contributed by atoms with Crippen LogP contribution >= 0.6 is 0 Å². The number of aromatic nitrogens is 3. The van der Waals surface area contributed by atoms with Gasteiger partial charge in [0.25, 0.3) is 0 Å². The van der Waals surface area contributed by atoms with E-state index >= 15 is 0 Å². The number of hydrogen-bond donors (Lipinski definition) is 1. The number of nitrogens with zero attached hydrogens (tertiary/aromatic N) is 6. The molecule has 1 N–H and O–H groups in total. The van der Waals surface area contributed by atoms with Gasteiger partial charge in [-0.25, -0.2) is 9.79 Å². The van der Waals surface area contributed by atoms with Crippen LogP contribution in [0.1, 0.15) is 71.4 Å². The van der Waals surface area contributed by atoms with E-state index in [9.17, 15) is 4.79 Å². The molecule has 0 aromatic carbocycles. The smallest absolute Gasteiger partial charge is 0.410 e. The average Bonchev–Trinajstić information content (AvgIpc) is 3.30. The van der Waals surface area contributed by atoms with E-state index in [0.717, 1.165) is 76.0 Å². The Morgan fingerprint density at radius 1 is 1.19 bits per heavy atom. The van der Waals surface area contributed by atoms with Crippen LogP contribution in [0.25, 0.3) is 0 Å². The minimum atomic E-state index is -0.466. The molecule has 0 radical (unpaired) electrons. The quantitative estimate of drug-likeness (QED) is 0.535. The number of fused-ring (bicyclic) bond motifs is 1. The number of guanidine groups is 1. The fraction of sp³-hybridized carbons (Fsp3) is 0.826. The third-order valence-corrected chi connectivity index (χ3v) is 6.38. The molecular weight excluding hydrogens is 406 g/mol. The van der Waals surface area contributed by atoms with E-state index in [1.165, 1.54) is 12.8 Å². The highest BCUT2D eigenvalue weighted by Gasteiger charge is 2.35. The predicted octanol–water partition coefficient (Wildman–Crippen LogP) is 2.80. The summed E-state index contributed by atoms with van der Waals surface area (Å²) in [4.78, 5) is 22.1. The van der Waals surface area contributed by atoms with E-state index in [2.05, 4.69) is 31.9 Å². The number of rotatable bonds is 6. The monoisotopic (exact) mass is 445 g/mol. The lowest BCUT2D eigenvalue weighted by Gasteiger charge is -2.40. The van der Waals surface area contributed by atoms with Gasteiger partial charge in [-0.15, -0.1) is 10.2 Å². The van der Waals surface area contributed by atoms with Crippen molar-refractivity contribution in [2.24, 2.45) is 10.9 Å². The second-order valence-corrected chi connectivity index (χ2v) is 10.3. The van der Waals surface area contributed by atoms with Crippen LogP contribution < -0.4 is 5.32 Å². The molecule has 9 heteroatoms. The van der Waals surface area contributed by atoms with E-state index in [-0.39, 0.29) is 12.1 Å². The Morgan fingerprint density at radius 2 is 1.94 bits per heavy atom. The first kappa shape index (κ1) is 22.9. The first-order valence-electron chi connectivity index (χ1n) is 12.3. The van der Waals surface area contributed by atoms with Gasteiger partial charge in [0.15, 0.2) is 11.8 Å². The molecule has 9 nitrogen and oxygen atoms in total. The summed E-state index contributed by atoms with van der Waals surface area (Å²) < 4.78 is 7.94. The number of aliphatic imine (C=N–C) groups is 1. The Labute approximate surface area is 191 Å². The number of hydrogen-bond acceptors (Lipinski definition) is 5. The average molecular weight is 446 g/mol. The molecule has 2 fully saturated rings. The molecule has 1 aromatic rings. The Morgan fingerprint density at radius 3 is 2.59 bits per heavy atom. The normalized spacial score (nSPS) is 19.8. The fourth-order valence-corrected chi connectivity index (χ4v) is 4.56. The summed E-state index contributed by atoms with van der Waals surface area (Å²) in [5.74, 6) is 3.60. The summed E-state index contributed by atoms with van der Waals surface area (Å²) in [5.41, 5.74) is -0.466. The molecular formula is C23H39N7O2. The minimum absolute atomic E-state index is 0.163. The molecule has 0 bridgehead atoms. The SMILES string of the molecule is CCNC(=NCc1nnc2n1CCC2)N1CCC(N(CC2CC2)C(=O)OC(C)(C)C)CC1. The van der Waals surface area contributed by atoms with Crippen LogP contribution in [0.3, 0.4) is 0 Å². The Kier molecular flexibility index (Phi) is 6.90. The maximum absolute atomic E-state index is 12.9. The summed E-state index contributed by atoms with van der Waals surface area (Å²) in [6.45, 7) is 12.8. The maximum Gasteiger partial charge on any atom is 0.410 e. The van der Waals surface area contributed by atoms with E-state index in [1.54, 1.807) is 0 Å². The van der Waals surface area contributed by atoms with Crippen LogP contribution in [0, 0.1) is 5.92 Å². The zero-order valence-corrected chi connectivity index (χ0v) is 20.1. The van der Waals surface area contributed by atoms with Gasteiger partial charge in [0.2, 0.25) is 0 Å². The van der Waals surface area contributed by atoms with Crippen molar-refractivity contribution in [3.8, 4) is 0 Å². The molecule has 0 spiro atoms. The van der Waals surface area contributed by atoms with Gasteiger partial charge in [0.05, 0.1) is 0 Å². The summed E-state index contributed by atoms with van der Waals surface area (Å²) >= 11 is 0. The van der Waals surface area contributed by atoms with Gasteiger partial charge in [0.1, 0.15) is 18.0 Å². The molecule has 32 heavy (non-hydrogen) atoms. The lowest BCUT2D eigenvalue weighted by atomic mass is 10.0. The standard InChI is InChI=1S/C23H39N7O2/c1-5-24-21(25-15-20-27-26-19-7-6-12-29(19)20)28-13-10-18(11-14-28)30(16-17-8-9-17)22(31)32-23(2,3)4/h17-18H,5-16H2,1-4H3,(H,24,25). The molecule has 0 atom stereocenters. The highest BCUT2D eigenvalue weighted by Crippen LogP contribution is 2.32. The number of aryl methyl sites for hydroxylation is 1. The first-order valence-corrected chi connectivity index (χ1v) is 12.3. The van der Waals surface area contributed by atoms with Crippen molar-refractivity contribution >= 4 is 12.1 Å². The molecule has 0 unspecified atom stereocenters. The number of carbonyl (C=O) groups excluding carboxylic acids is 1. The number of carbonyl (C=O) groups is 1. The van der Waals surface area contributed by atoms with E-state index in [4.69, 9.17) is 9.73 Å². The van der Waals surface area contributed by atoms with Gasteiger partial charge in [-0.05, 0) is 65.7 Å². The van der Waals surface area contributed by atoms with Gasteiger partial charge in [0, 0.05) is 45.2 Å². The second-order valence-electron chi connectivity index (χ2n) is 10.3. The number of ether oxygens (including phenoxy) is 1. The zero-order valence-electron chi connectivity index (χ0n) is 20.1. The van der Waals surface area contributed by atoms with Gasteiger partial charge in [-0.2, -0.15) is 0 Å². The van der Waals surface area contributed by atoms with Gasteiger partial charge in [-0.1, -0.05) is 0 Å². The molecule has 1 amide bonds. The molecule has 3 aliphatic rings. The molecule has 1 saturated carbocycles. The number of likely N-dealkylation sites (tertiary alicyclic amines) is 1. The van der Waals surface area contributed by atoms with Gasteiger partial charge < -0.3 is 24.4 Å². The van der Waals surface area contributed by atoms with Crippen LogP contribution in [0.5, 0.6) is 0 Å². The number of amides is 1. The van der Waals surface area contributed by atoms with Crippen molar-refractivity contribution < 1.29 is 9.53 Å². The Hall–Kier alpha value is -2.32. The van der Waals surface area contributed by atoms with Crippen molar-refractivity contribution in [2.75, 3.05) is 26.2 Å². The van der Waals surface area contributed by atoms with Gasteiger partial charge in [-0.3, -0.25) is 0 Å². The molecule has 1 aromatic heterocycles. The third-order valence-electron chi connectivity index (χ3n) is 6.38. The molecule has 2 aliphatic heterocycles. The molecule has 4 rings (SSSR count). The molecule has 178 valence electrons.